The van der Waals surface area contributed by atoms with Crippen molar-refractivity contribution >= 4 is 15.9 Å². The van der Waals surface area contributed by atoms with Crippen LogP contribution in [0.25, 0.3) is 0 Å². The maximum Gasteiger partial charge on any atom is 0.251 e. The number of sulfonamides is 1. The first-order valence-corrected chi connectivity index (χ1v) is 9.41. The van der Waals surface area contributed by atoms with Gasteiger partial charge in [-0.2, -0.15) is 0 Å². The van der Waals surface area contributed by atoms with Crippen molar-refractivity contribution in [1.29, 1.82) is 0 Å². The Morgan fingerprint density at radius 3 is 2.50 bits per heavy atom. The fourth-order valence-electron chi connectivity index (χ4n) is 2.13. The summed E-state index contributed by atoms with van der Waals surface area (Å²) in [6.45, 7) is 2.76. The average Bonchev–Trinajstić information content (AvgIpc) is 3.10. The summed E-state index contributed by atoms with van der Waals surface area (Å²) in [6.07, 6.45) is 4.36. The summed E-state index contributed by atoms with van der Waals surface area (Å²) in [7, 11) is -3.53. The Bertz CT molecular complexity index is 737. The van der Waals surface area contributed by atoms with E-state index in [4.69, 9.17) is 4.42 Å². The van der Waals surface area contributed by atoms with Crippen LogP contribution in [0.3, 0.4) is 0 Å². The number of hydrogen-bond acceptors (Lipinski definition) is 4. The van der Waals surface area contributed by atoms with Crippen molar-refractivity contribution in [3.8, 4) is 0 Å². The number of benzene rings is 1. The van der Waals surface area contributed by atoms with E-state index in [1.54, 1.807) is 12.1 Å². The molecule has 2 N–H and O–H groups in total. The second-order valence-corrected chi connectivity index (χ2v) is 7.16. The van der Waals surface area contributed by atoms with Gasteiger partial charge in [0.25, 0.3) is 5.91 Å². The zero-order valence-corrected chi connectivity index (χ0v) is 14.4. The van der Waals surface area contributed by atoms with E-state index in [1.807, 2.05) is 0 Å². The molecule has 0 aliphatic heterocycles. The van der Waals surface area contributed by atoms with Gasteiger partial charge in [-0.1, -0.05) is 19.8 Å². The van der Waals surface area contributed by atoms with E-state index < -0.39 is 10.0 Å². The lowest BCUT2D eigenvalue weighted by molar-refractivity contribution is 0.0948. The summed E-state index contributed by atoms with van der Waals surface area (Å²) >= 11 is 0. The van der Waals surface area contributed by atoms with Crippen LogP contribution in [0.15, 0.2) is 52.0 Å². The fourth-order valence-corrected chi connectivity index (χ4v) is 3.21. The molecular formula is C17H22N2O4S. The third-order valence-corrected chi connectivity index (χ3v) is 4.98. The fraction of sp³-hybridized carbons (Fsp3) is 0.353. The van der Waals surface area contributed by atoms with Gasteiger partial charge in [0.15, 0.2) is 0 Å². The Morgan fingerprint density at radius 1 is 1.12 bits per heavy atom. The Morgan fingerprint density at radius 2 is 1.88 bits per heavy atom. The molecule has 0 atom stereocenters. The van der Waals surface area contributed by atoms with Crippen LogP contribution >= 0.6 is 0 Å². The topological polar surface area (TPSA) is 88.4 Å². The third-order valence-electron chi connectivity index (χ3n) is 3.50. The average molecular weight is 350 g/mol. The van der Waals surface area contributed by atoms with Crippen LogP contribution in [0.5, 0.6) is 0 Å². The van der Waals surface area contributed by atoms with E-state index in [9.17, 15) is 13.2 Å². The predicted molar refractivity (Wildman–Crippen MR) is 91.0 cm³/mol. The van der Waals surface area contributed by atoms with E-state index in [1.165, 1.54) is 30.5 Å². The molecule has 0 radical (unpaired) electrons. The summed E-state index contributed by atoms with van der Waals surface area (Å²) < 4.78 is 32.0. The molecule has 7 heteroatoms. The summed E-state index contributed by atoms with van der Waals surface area (Å²) in [5, 5.41) is 2.71. The molecule has 0 fully saturated rings. The number of unbranched alkanes of at least 4 members (excludes halogenated alkanes) is 2. The monoisotopic (exact) mass is 350 g/mol. The Kier molecular flexibility index (Phi) is 6.57. The van der Waals surface area contributed by atoms with Gasteiger partial charge >= 0.3 is 0 Å². The third kappa shape index (κ3) is 5.21. The first kappa shape index (κ1) is 18.2. The minimum absolute atomic E-state index is 0.154. The van der Waals surface area contributed by atoms with Crippen LogP contribution < -0.4 is 10.0 Å². The van der Waals surface area contributed by atoms with E-state index in [0.29, 0.717) is 17.9 Å². The lowest BCUT2D eigenvalue weighted by Gasteiger charge is -2.08. The minimum Gasteiger partial charge on any atom is -0.467 e. The van der Waals surface area contributed by atoms with Crippen LogP contribution in [0, 0.1) is 0 Å². The predicted octanol–water partition coefficient (Wildman–Crippen LogP) is 2.68. The van der Waals surface area contributed by atoms with Crippen molar-refractivity contribution in [1.82, 2.24) is 10.0 Å². The molecule has 24 heavy (non-hydrogen) atoms. The minimum atomic E-state index is -3.53. The molecule has 2 rings (SSSR count). The molecule has 0 unspecified atom stereocenters. The van der Waals surface area contributed by atoms with Gasteiger partial charge in [0, 0.05) is 12.1 Å². The van der Waals surface area contributed by atoms with Gasteiger partial charge in [-0.25, -0.2) is 13.1 Å². The SMILES string of the molecule is CCCCCNS(=O)(=O)c1ccc(C(=O)NCc2ccco2)cc1. The zero-order chi connectivity index (χ0) is 17.4. The second kappa shape index (κ2) is 8.65. The number of rotatable bonds is 9. The molecule has 0 saturated heterocycles. The maximum atomic E-state index is 12.1. The number of carbonyl (C=O) groups is 1. The molecule has 0 aliphatic carbocycles. The Hall–Kier alpha value is -2.12. The van der Waals surface area contributed by atoms with Gasteiger partial charge in [0.1, 0.15) is 5.76 Å². The van der Waals surface area contributed by atoms with E-state index >= 15 is 0 Å². The van der Waals surface area contributed by atoms with E-state index in [-0.39, 0.29) is 17.3 Å². The van der Waals surface area contributed by atoms with Gasteiger partial charge < -0.3 is 9.73 Å². The van der Waals surface area contributed by atoms with Crippen LogP contribution in [0.4, 0.5) is 0 Å². The van der Waals surface area contributed by atoms with Gasteiger partial charge in [0.05, 0.1) is 17.7 Å². The van der Waals surface area contributed by atoms with Crippen LogP contribution in [0.1, 0.15) is 42.3 Å². The quantitative estimate of drug-likeness (QED) is 0.681. The van der Waals surface area contributed by atoms with Crippen LogP contribution in [0.2, 0.25) is 0 Å². The number of amides is 1. The van der Waals surface area contributed by atoms with E-state index in [2.05, 4.69) is 17.0 Å². The first-order chi connectivity index (χ1) is 11.5. The number of carbonyl (C=O) groups excluding carboxylic acids is 1. The zero-order valence-electron chi connectivity index (χ0n) is 13.6. The second-order valence-electron chi connectivity index (χ2n) is 5.39. The lowest BCUT2D eigenvalue weighted by Crippen LogP contribution is -2.25. The van der Waals surface area contributed by atoms with Crippen LogP contribution in [-0.4, -0.2) is 20.9 Å². The smallest absolute Gasteiger partial charge is 0.251 e. The normalized spacial score (nSPS) is 11.4. The van der Waals surface area contributed by atoms with Gasteiger partial charge in [-0.3, -0.25) is 4.79 Å². The van der Waals surface area contributed by atoms with Gasteiger partial charge in [-0.15, -0.1) is 0 Å². The van der Waals surface area contributed by atoms with Crippen molar-refractivity contribution in [2.75, 3.05) is 6.54 Å². The largest absolute Gasteiger partial charge is 0.467 e. The van der Waals surface area contributed by atoms with Gasteiger partial charge in [0.2, 0.25) is 10.0 Å². The van der Waals surface area contributed by atoms with Gasteiger partial charge in [-0.05, 0) is 42.8 Å². The molecule has 130 valence electrons. The van der Waals surface area contributed by atoms with Crippen molar-refractivity contribution in [2.45, 2.75) is 37.6 Å². The van der Waals surface area contributed by atoms with Crippen molar-refractivity contribution in [3.63, 3.8) is 0 Å². The summed E-state index contributed by atoms with van der Waals surface area (Å²) in [5.41, 5.74) is 0.395. The molecule has 6 nitrogen and oxygen atoms in total. The van der Waals surface area contributed by atoms with Crippen molar-refractivity contribution < 1.29 is 17.6 Å². The molecule has 1 aromatic carbocycles. The molecule has 2 aromatic rings. The molecular weight excluding hydrogens is 328 g/mol. The highest BCUT2D eigenvalue weighted by molar-refractivity contribution is 7.89. The molecule has 0 saturated carbocycles. The highest BCUT2D eigenvalue weighted by Gasteiger charge is 2.14. The molecule has 1 aromatic heterocycles. The number of hydrogen-bond donors (Lipinski definition) is 2. The number of nitrogens with one attached hydrogen (secondary N) is 2. The summed E-state index contributed by atoms with van der Waals surface area (Å²) in [4.78, 5) is 12.2. The molecule has 0 bridgehead atoms. The Labute approximate surface area is 142 Å². The maximum absolute atomic E-state index is 12.1. The summed E-state index contributed by atoms with van der Waals surface area (Å²) in [6, 6.07) is 9.37. The molecule has 0 aliphatic rings. The number of furan rings is 1. The standard InChI is InChI=1S/C17H22N2O4S/c1-2-3-4-11-19-24(21,22)16-9-7-14(8-10-16)17(20)18-13-15-6-5-12-23-15/h5-10,12,19H,2-4,11,13H2,1H3,(H,18,20). The summed E-state index contributed by atoms with van der Waals surface area (Å²) in [5.74, 6) is 0.366. The highest BCUT2D eigenvalue weighted by atomic mass is 32.2. The first-order valence-electron chi connectivity index (χ1n) is 7.93. The molecule has 0 spiro atoms. The molecule has 1 amide bonds. The van der Waals surface area contributed by atoms with Crippen LogP contribution in [-0.2, 0) is 16.6 Å². The highest BCUT2D eigenvalue weighted by Crippen LogP contribution is 2.11. The molecule has 1 heterocycles. The van der Waals surface area contributed by atoms with E-state index in [0.717, 1.165) is 19.3 Å². The Balaban J connectivity index is 1.92. The lowest BCUT2D eigenvalue weighted by atomic mass is 10.2. The van der Waals surface area contributed by atoms with Crippen molar-refractivity contribution in [2.24, 2.45) is 0 Å². The van der Waals surface area contributed by atoms with Crippen molar-refractivity contribution in [3.05, 3.63) is 54.0 Å².